The molecule has 0 bridgehead atoms. The number of hydrogen-bond donors (Lipinski definition) is 0. The van der Waals surface area contributed by atoms with E-state index in [4.69, 9.17) is 0 Å². The molecule has 0 saturated heterocycles. The van der Waals surface area contributed by atoms with Crippen LogP contribution >= 0.6 is 0 Å². The second-order valence-electron chi connectivity index (χ2n) is 17.9. The summed E-state index contributed by atoms with van der Waals surface area (Å²) in [5.74, 6) is 0. The van der Waals surface area contributed by atoms with Gasteiger partial charge in [-0.1, -0.05) is 237 Å². The van der Waals surface area contributed by atoms with E-state index in [1.54, 1.807) is 0 Å². The Bertz CT molecular complexity index is 3950. The van der Waals surface area contributed by atoms with Gasteiger partial charge in [-0.05, 0) is 162 Å². The van der Waals surface area contributed by atoms with Crippen molar-refractivity contribution in [1.29, 1.82) is 0 Å². The van der Waals surface area contributed by atoms with Crippen LogP contribution in [0.25, 0.3) is 132 Å². The van der Waals surface area contributed by atoms with E-state index in [2.05, 4.69) is 267 Å². The lowest BCUT2D eigenvalue weighted by Gasteiger charge is -2.18. The Morgan fingerprint density at radius 1 is 0.132 bits per heavy atom. The van der Waals surface area contributed by atoms with E-state index in [1.807, 2.05) is 0 Å². The molecule has 0 aliphatic heterocycles. The first kappa shape index (κ1) is 39.5. The largest absolute Gasteiger partial charge is 0.0622 e. The molecule has 13 rings (SSSR count). The molecule has 0 unspecified atom stereocenters. The maximum atomic E-state index is 2.37. The minimum atomic E-state index is 1.20. The van der Waals surface area contributed by atoms with E-state index < -0.39 is 0 Å². The van der Waals surface area contributed by atoms with Gasteiger partial charge in [0.2, 0.25) is 0 Å². The fourth-order valence-corrected chi connectivity index (χ4v) is 10.9. The van der Waals surface area contributed by atoms with Crippen LogP contribution < -0.4 is 0 Å². The summed E-state index contributed by atoms with van der Waals surface area (Å²) in [5.41, 5.74) is 17.2. The molecule has 0 radical (unpaired) electrons. The standard InChI is InChI=1S/C68H44/c1-3-18-45(19-4-1)65-57-28-7-11-32-61(57)67(62-33-12-8-29-58(62)65)55-26-16-24-49(43-55)47-22-15-23-48(40-47)51-36-38-54-42-52(37-39-53(54)41-51)50-25-17-27-56(44-50)68-63-34-13-9-30-59(63)66(46-20-5-2-6-21-46)60-31-10-14-35-64(60)68/h1-44H. The highest BCUT2D eigenvalue weighted by Gasteiger charge is 2.19. The Balaban J connectivity index is 0.845. The highest BCUT2D eigenvalue weighted by molar-refractivity contribution is 6.23. The van der Waals surface area contributed by atoms with Gasteiger partial charge >= 0.3 is 0 Å². The molecular formula is C68H44. The molecule has 0 aromatic heterocycles. The number of benzene rings is 13. The van der Waals surface area contributed by atoms with Gasteiger partial charge in [-0.15, -0.1) is 0 Å². The summed E-state index contributed by atoms with van der Waals surface area (Å²) in [6.45, 7) is 0. The van der Waals surface area contributed by atoms with Crippen molar-refractivity contribution in [2.24, 2.45) is 0 Å². The molecule has 0 aliphatic rings. The highest BCUT2D eigenvalue weighted by Crippen LogP contribution is 2.46. The molecule has 0 saturated carbocycles. The fraction of sp³-hybridized carbons (Fsp3) is 0. The maximum absolute atomic E-state index is 2.37. The lowest BCUT2D eigenvalue weighted by Crippen LogP contribution is -1.91. The predicted molar refractivity (Wildman–Crippen MR) is 292 cm³/mol. The normalized spacial score (nSPS) is 11.5. The van der Waals surface area contributed by atoms with Crippen LogP contribution in [0, 0.1) is 0 Å². The SMILES string of the molecule is c1ccc(-c2c3ccccc3c(-c3cccc(-c4cccc(-c5ccc6cc(-c7cccc(-c8c9ccccc9c(-c9ccccc9)c9ccccc89)c7)ccc6c5)c4)c3)c3ccccc23)cc1. The van der Waals surface area contributed by atoms with Crippen molar-refractivity contribution in [1.82, 2.24) is 0 Å². The summed E-state index contributed by atoms with van der Waals surface area (Å²) in [4.78, 5) is 0. The van der Waals surface area contributed by atoms with E-state index in [1.165, 1.54) is 132 Å². The molecule has 13 aromatic carbocycles. The Hall–Kier alpha value is -8.84. The molecule has 0 heteroatoms. The van der Waals surface area contributed by atoms with Crippen molar-refractivity contribution in [3.8, 4) is 77.9 Å². The molecule has 316 valence electrons. The van der Waals surface area contributed by atoms with Crippen LogP contribution in [0.1, 0.15) is 0 Å². The second kappa shape index (κ2) is 16.5. The summed E-state index contributed by atoms with van der Waals surface area (Å²) in [5, 5.41) is 12.6. The molecule has 0 atom stereocenters. The van der Waals surface area contributed by atoms with E-state index in [0.717, 1.165) is 0 Å². The van der Waals surface area contributed by atoms with Crippen LogP contribution in [-0.4, -0.2) is 0 Å². The van der Waals surface area contributed by atoms with Gasteiger partial charge in [-0.3, -0.25) is 0 Å². The maximum Gasteiger partial charge on any atom is -0.00262 e. The van der Waals surface area contributed by atoms with Gasteiger partial charge in [0.15, 0.2) is 0 Å². The Morgan fingerprint density at radius 2 is 0.353 bits per heavy atom. The van der Waals surface area contributed by atoms with E-state index in [0.29, 0.717) is 0 Å². The van der Waals surface area contributed by atoms with Crippen molar-refractivity contribution in [3.63, 3.8) is 0 Å². The van der Waals surface area contributed by atoms with Crippen molar-refractivity contribution in [2.45, 2.75) is 0 Å². The predicted octanol–water partition coefficient (Wildman–Crippen LogP) is 19.1. The van der Waals surface area contributed by atoms with Gasteiger partial charge in [0.25, 0.3) is 0 Å². The molecule has 68 heavy (non-hydrogen) atoms. The Kier molecular flexibility index (Phi) is 9.62. The Labute approximate surface area is 396 Å². The van der Waals surface area contributed by atoms with E-state index in [-0.39, 0.29) is 0 Å². The third-order valence-electron chi connectivity index (χ3n) is 14.0. The van der Waals surface area contributed by atoms with Crippen molar-refractivity contribution in [2.75, 3.05) is 0 Å². The first-order valence-electron chi connectivity index (χ1n) is 23.6. The zero-order valence-electron chi connectivity index (χ0n) is 37.4. The minimum absolute atomic E-state index is 1.20. The minimum Gasteiger partial charge on any atom is -0.0622 e. The monoisotopic (exact) mass is 860 g/mol. The van der Waals surface area contributed by atoms with Gasteiger partial charge in [0.05, 0.1) is 0 Å². The molecule has 13 aromatic rings. The molecule has 0 nitrogen and oxygen atoms in total. The quantitative estimate of drug-likeness (QED) is 0.140. The van der Waals surface area contributed by atoms with Crippen LogP contribution in [0.3, 0.4) is 0 Å². The third kappa shape index (κ3) is 6.77. The molecule has 0 spiro atoms. The zero-order chi connectivity index (χ0) is 45.0. The lowest BCUT2D eigenvalue weighted by molar-refractivity contribution is 1.59. The summed E-state index contributed by atoms with van der Waals surface area (Å²) in [6, 6.07) is 98.2. The van der Waals surface area contributed by atoms with Crippen LogP contribution in [-0.2, 0) is 0 Å². The topological polar surface area (TPSA) is 0 Å². The van der Waals surface area contributed by atoms with Crippen LogP contribution in [0.2, 0.25) is 0 Å². The van der Waals surface area contributed by atoms with Crippen molar-refractivity contribution in [3.05, 3.63) is 267 Å². The number of hydrogen-bond acceptors (Lipinski definition) is 0. The summed E-state index contributed by atoms with van der Waals surface area (Å²) in [6.07, 6.45) is 0. The van der Waals surface area contributed by atoms with E-state index >= 15 is 0 Å². The molecule has 0 heterocycles. The van der Waals surface area contributed by atoms with Crippen LogP contribution in [0.15, 0.2) is 267 Å². The highest BCUT2D eigenvalue weighted by atomic mass is 14.2. The average Bonchev–Trinajstić information content (AvgIpc) is 3.42. The third-order valence-corrected chi connectivity index (χ3v) is 14.0. The number of rotatable bonds is 7. The number of fused-ring (bicyclic) bond motifs is 5. The van der Waals surface area contributed by atoms with Gasteiger partial charge < -0.3 is 0 Å². The molecule has 0 amide bonds. The summed E-state index contributed by atoms with van der Waals surface area (Å²) in [7, 11) is 0. The smallest absolute Gasteiger partial charge is 0.00262 e. The zero-order valence-corrected chi connectivity index (χ0v) is 37.4. The lowest BCUT2D eigenvalue weighted by atomic mass is 9.85. The summed E-state index contributed by atoms with van der Waals surface area (Å²) >= 11 is 0. The van der Waals surface area contributed by atoms with Gasteiger partial charge in [-0.2, -0.15) is 0 Å². The van der Waals surface area contributed by atoms with Gasteiger partial charge in [0.1, 0.15) is 0 Å². The van der Waals surface area contributed by atoms with Crippen molar-refractivity contribution >= 4 is 53.9 Å². The first-order valence-corrected chi connectivity index (χ1v) is 23.6. The van der Waals surface area contributed by atoms with E-state index in [9.17, 15) is 0 Å². The molecule has 0 aliphatic carbocycles. The summed E-state index contributed by atoms with van der Waals surface area (Å²) < 4.78 is 0. The molecule has 0 N–H and O–H groups in total. The molecular weight excluding hydrogens is 817 g/mol. The van der Waals surface area contributed by atoms with Crippen molar-refractivity contribution < 1.29 is 0 Å². The first-order chi connectivity index (χ1) is 33.7. The average molecular weight is 861 g/mol. The molecule has 0 fully saturated rings. The van der Waals surface area contributed by atoms with Gasteiger partial charge in [0, 0.05) is 0 Å². The van der Waals surface area contributed by atoms with Crippen LogP contribution in [0.4, 0.5) is 0 Å². The van der Waals surface area contributed by atoms with Crippen LogP contribution in [0.5, 0.6) is 0 Å². The fourth-order valence-electron chi connectivity index (χ4n) is 10.9. The van der Waals surface area contributed by atoms with Gasteiger partial charge in [-0.25, -0.2) is 0 Å². The Morgan fingerprint density at radius 3 is 0.662 bits per heavy atom. The second-order valence-corrected chi connectivity index (χ2v) is 17.9.